The molecule has 106 valence electrons. The summed E-state index contributed by atoms with van der Waals surface area (Å²) in [4.78, 5) is 16.6. The topological polar surface area (TPSA) is 32.8 Å². The first kappa shape index (κ1) is 15.4. The van der Waals surface area contributed by atoms with Crippen molar-refractivity contribution in [1.82, 2.24) is 9.80 Å². The Bertz CT molecular complexity index is 271. The van der Waals surface area contributed by atoms with Crippen LogP contribution in [-0.2, 0) is 9.53 Å². The minimum atomic E-state index is 0.223. The number of carbonyl (C=O) groups excluding carboxylic acids is 1. The first-order chi connectivity index (χ1) is 8.32. The van der Waals surface area contributed by atoms with E-state index in [9.17, 15) is 4.79 Å². The van der Waals surface area contributed by atoms with Crippen LogP contribution in [0.4, 0.5) is 0 Å². The quantitative estimate of drug-likeness (QED) is 0.768. The predicted molar refractivity (Wildman–Crippen MR) is 73.6 cm³/mol. The van der Waals surface area contributed by atoms with Crippen molar-refractivity contribution in [3.05, 3.63) is 0 Å². The minimum absolute atomic E-state index is 0.223. The molecule has 1 aliphatic rings. The Hall–Kier alpha value is -0.610. The summed E-state index contributed by atoms with van der Waals surface area (Å²) < 4.78 is 5.59. The van der Waals surface area contributed by atoms with E-state index in [4.69, 9.17) is 4.74 Å². The van der Waals surface area contributed by atoms with E-state index in [1.54, 1.807) is 0 Å². The second kappa shape index (κ2) is 6.53. The molecule has 0 aliphatic carbocycles. The number of rotatable bonds is 4. The molecule has 2 unspecified atom stereocenters. The second-order valence-electron chi connectivity index (χ2n) is 5.91. The largest absolute Gasteiger partial charge is 0.376 e. The standard InChI is InChI=1S/C14H28N2O2/c1-10(2)16(11(3)4)14(17)8-15-7-13(6)18-9-12(15)5/h10-13H,7-9H2,1-6H3. The third-order valence-electron chi connectivity index (χ3n) is 3.48. The number of morpholine rings is 1. The predicted octanol–water partition coefficient (Wildman–Crippen LogP) is 1.74. The van der Waals surface area contributed by atoms with Gasteiger partial charge in [0.05, 0.1) is 19.3 Å². The third kappa shape index (κ3) is 3.95. The van der Waals surface area contributed by atoms with E-state index in [0.717, 1.165) is 13.2 Å². The van der Waals surface area contributed by atoms with Gasteiger partial charge in [0.15, 0.2) is 0 Å². The zero-order valence-corrected chi connectivity index (χ0v) is 12.6. The van der Waals surface area contributed by atoms with E-state index in [0.29, 0.717) is 12.6 Å². The lowest BCUT2D eigenvalue weighted by Crippen LogP contribution is -2.53. The van der Waals surface area contributed by atoms with Crippen LogP contribution < -0.4 is 0 Å². The van der Waals surface area contributed by atoms with Crippen molar-refractivity contribution in [3.63, 3.8) is 0 Å². The van der Waals surface area contributed by atoms with Gasteiger partial charge in [-0.15, -0.1) is 0 Å². The molecule has 1 amide bonds. The van der Waals surface area contributed by atoms with Crippen molar-refractivity contribution in [2.24, 2.45) is 0 Å². The molecule has 4 nitrogen and oxygen atoms in total. The molecule has 0 aromatic rings. The van der Waals surface area contributed by atoms with E-state index in [1.165, 1.54) is 0 Å². The van der Waals surface area contributed by atoms with Crippen LogP contribution in [0.5, 0.6) is 0 Å². The first-order valence-electron chi connectivity index (χ1n) is 6.99. The molecule has 0 aromatic heterocycles. The summed E-state index contributed by atoms with van der Waals surface area (Å²) in [5, 5.41) is 0. The van der Waals surface area contributed by atoms with Crippen molar-refractivity contribution < 1.29 is 9.53 Å². The van der Waals surface area contributed by atoms with Gasteiger partial charge in [0, 0.05) is 24.7 Å². The lowest BCUT2D eigenvalue weighted by Gasteiger charge is -2.39. The normalized spacial score (nSPS) is 25.8. The van der Waals surface area contributed by atoms with Crippen LogP contribution >= 0.6 is 0 Å². The van der Waals surface area contributed by atoms with Crippen molar-refractivity contribution in [1.29, 1.82) is 0 Å². The summed E-state index contributed by atoms with van der Waals surface area (Å²) in [6, 6.07) is 0.837. The molecule has 4 heteroatoms. The maximum atomic E-state index is 12.4. The Morgan fingerprint density at radius 3 is 2.33 bits per heavy atom. The van der Waals surface area contributed by atoms with E-state index in [2.05, 4.69) is 46.4 Å². The van der Waals surface area contributed by atoms with E-state index < -0.39 is 0 Å². The average Bonchev–Trinajstić information content (AvgIpc) is 2.22. The number of amides is 1. The number of nitrogens with zero attached hydrogens (tertiary/aromatic N) is 2. The van der Waals surface area contributed by atoms with Gasteiger partial charge in [0.25, 0.3) is 0 Å². The highest BCUT2D eigenvalue weighted by Crippen LogP contribution is 2.13. The summed E-state index contributed by atoms with van der Waals surface area (Å²) in [6.45, 7) is 14.5. The lowest BCUT2D eigenvalue weighted by atomic mass is 10.2. The molecule has 1 fully saturated rings. The molecule has 0 saturated carbocycles. The van der Waals surface area contributed by atoms with Gasteiger partial charge in [0.1, 0.15) is 0 Å². The Labute approximate surface area is 111 Å². The van der Waals surface area contributed by atoms with E-state index in [1.807, 2.05) is 4.90 Å². The van der Waals surface area contributed by atoms with Gasteiger partial charge in [-0.25, -0.2) is 0 Å². The Morgan fingerprint density at radius 1 is 1.28 bits per heavy atom. The summed E-state index contributed by atoms with van der Waals surface area (Å²) in [5.74, 6) is 0.223. The number of ether oxygens (including phenoxy) is 1. The second-order valence-corrected chi connectivity index (χ2v) is 5.91. The van der Waals surface area contributed by atoms with Crippen molar-refractivity contribution in [2.75, 3.05) is 19.7 Å². The SMILES string of the molecule is CC1CN(CC(=O)N(C(C)C)C(C)C)C(C)CO1. The van der Waals surface area contributed by atoms with Gasteiger partial charge in [-0.05, 0) is 41.5 Å². The van der Waals surface area contributed by atoms with Gasteiger partial charge < -0.3 is 9.64 Å². The highest BCUT2D eigenvalue weighted by atomic mass is 16.5. The van der Waals surface area contributed by atoms with Crippen molar-refractivity contribution >= 4 is 5.91 Å². The fourth-order valence-electron chi connectivity index (χ4n) is 2.62. The molecule has 0 spiro atoms. The number of carbonyl (C=O) groups is 1. The van der Waals surface area contributed by atoms with Crippen molar-refractivity contribution in [3.8, 4) is 0 Å². The fraction of sp³-hybridized carbons (Fsp3) is 0.929. The van der Waals surface area contributed by atoms with Crippen LogP contribution in [0, 0.1) is 0 Å². The molecule has 1 aliphatic heterocycles. The molecular weight excluding hydrogens is 228 g/mol. The molecule has 1 rings (SSSR count). The molecule has 0 aromatic carbocycles. The Morgan fingerprint density at radius 2 is 1.83 bits per heavy atom. The molecule has 18 heavy (non-hydrogen) atoms. The monoisotopic (exact) mass is 256 g/mol. The van der Waals surface area contributed by atoms with E-state index in [-0.39, 0.29) is 24.1 Å². The van der Waals surface area contributed by atoms with E-state index >= 15 is 0 Å². The van der Waals surface area contributed by atoms with Crippen LogP contribution in [-0.4, -0.2) is 59.6 Å². The molecule has 1 saturated heterocycles. The summed E-state index contributed by atoms with van der Waals surface area (Å²) in [7, 11) is 0. The van der Waals surface area contributed by atoms with Crippen LogP contribution in [0.1, 0.15) is 41.5 Å². The Balaban J connectivity index is 2.61. The molecule has 0 radical (unpaired) electrons. The summed E-state index contributed by atoms with van der Waals surface area (Å²) in [5.41, 5.74) is 0. The highest BCUT2D eigenvalue weighted by Gasteiger charge is 2.28. The van der Waals surface area contributed by atoms with Gasteiger partial charge in [-0.2, -0.15) is 0 Å². The summed E-state index contributed by atoms with van der Waals surface area (Å²) >= 11 is 0. The smallest absolute Gasteiger partial charge is 0.237 e. The maximum absolute atomic E-state index is 12.4. The lowest BCUT2D eigenvalue weighted by molar-refractivity contribution is -0.139. The van der Waals surface area contributed by atoms with Gasteiger partial charge in [0.2, 0.25) is 5.91 Å². The number of hydrogen-bond acceptors (Lipinski definition) is 3. The first-order valence-corrected chi connectivity index (χ1v) is 6.99. The minimum Gasteiger partial charge on any atom is -0.376 e. The van der Waals surface area contributed by atoms with Crippen LogP contribution in [0.2, 0.25) is 0 Å². The zero-order valence-electron chi connectivity index (χ0n) is 12.6. The van der Waals surface area contributed by atoms with Crippen molar-refractivity contribution in [2.45, 2.75) is 65.8 Å². The van der Waals surface area contributed by atoms with Gasteiger partial charge in [-0.1, -0.05) is 0 Å². The van der Waals surface area contributed by atoms with Gasteiger partial charge >= 0.3 is 0 Å². The molecule has 0 N–H and O–H groups in total. The number of hydrogen-bond donors (Lipinski definition) is 0. The molecule has 1 heterocycles. The van der Waals surface area contributed by atoms with Crippen LogP contribution in [0.15, 0.2) is 0 Å². The Kier molecular flexibility index (Phi) is 5.60. The third-order valence-corrected chi connectivity index (χ3v) is 3.48. The van der Waals surface area contributed by atoms with Crippen LogP contribution in [0.3, 0.4) is 0 Å². The average molecular weight is 256 g/mol. The summed E-state index contributed by atoms with van der Waals surface area (Å²) in [6.07, 6.45) is 0.223. The molecule has 0 bridgehead atoms. The maximum Gasteiger partial charge on any atom is 0.237 e. The van der Waals surface area contributed by atoms with Crippen LogP contribution in [0.25, 0.3) is 0 Å². The fourth-order valence-corrected chi connectivity index (χ4v) is 2.62. The zero-order chi connectivity index (χ0) is 13.9. The molecular formula is C14H28N2O2. The van der Waals surface area contributed by atoms with Gasteiger partial charge in [-0.3, -0.25) is 9.69 Å². The molecule has 2 atom stereocenters. The highest BCUT2D eigenvalue weighted by molar-refractivity contribution is 5.78.